The minimum Gasteiger partial charge on any atom is -0.449 e. The fourth-order valence-corrected chi connectivity index (χ4v) is 2.51. The predicted octanol–water partition coefficient (Wildman–Crippen LogP) is 4.52. The molecular weight excluding hydrogens is 393 g/mol. The molecule has 0 aliphatic heterocycles. The molecule has 1 N–H and O–H groups in total. The molecule has 0 aliphatic carbocycles. The summed E-state index contributed by atoms with van der Waals surface area (Å²) in [5.41, 5.74) is 0.545. The second-order valence-corrected chi connectivity index (χ2v) is 6.23. The van der Waals surface area contributed by atoms with Crippen molar-refractivity contribution in [1.29, 1.82) is 0 Å². The Morgan fingerprint density at radius 3 is 2.68 bits per heavy atom. The average molecular weight is 406 g/mol. The van der Waals surface area contributed by atoms with E-state index in [4.69, 9.17) is 9.15 Å². The summed E-state index contributed by atoms with van der Waals surface area (Å²) in [5.74, 6) is -2.02. The Labute approximate surface area is 150 Å². The molecule has 0 saturated carbocycles. The molecular formula is C18H13BrFNO4. The van der Waals surface area contributed by atoms with Crippen LogP contribution in [0.5, 0.6) is 0 Å². The number of para-hydroxylation sites is 1. The van der Waals surface area contributed by atoms with E-state index in [0.717, 1.165) is 5.39 Å². The van der Waals surface area contributed by atoms with E-state index in [9.17, 15) is 14.0 Å². The largest absolute Gasteiger partial charge is 0.449 e. The van der Waals surface area contributed by atoms with Gasteiger partial charge in [-0.25, -0.2) is 9.18 Å². The number of fused-ring (bicyclic) bond motifs is 1. The number of esters is 1. The van der Waals surface area contributed by atoms with E-state index in [1.165, 1.54) is 25.1 Å². The van der Waals surface area contributed by atoms with Crippen molar-refractivity contribution < 1.29 is 23.1 Å². The smallest absolute Gasteiger partial charge is 0.375 e. The molecule has 5 nitrogen and oxygen atoms in total. The second-order valence-electron chi connectivity index (χ2n) is 5.31. The summed E-state index contributed by atoms with van der Waals surface area (Å²) in [6.45, 7) is 1.40. The van der Waals surface area contributed by atoms with Crippen LogP contribution < -0.4 is 5.32 Å². The maximum Gasteiger partial charge on any atom is 0.375 e. The predicted molar refractivity (Wildman–Crippen MR) is 93.8 cm³/mol. The number of halogens is 2. The normalized spacial score (nSPS) is 12.0. The van der Waals surface area contributed by atoms with Crippen LogP contribution in [0.15, 0.2) is 57.4 Å². The molecule has 0 unspecified atom stereocenters. The summed E-state index contributed by atoms with van der Waals surface area (Å²) < 4.78 is 24.8. The van der Waals surface area contributed by atoms with Crippen LogP contribution in [-0.2, 0) is 9.53 Å². The number of amides is 1. The molecule has 0 spiro atoms. The number of rotatable bonds is 4. The van der Waals surface area contributed by atoms with Crippen molar-refractivity contribution in [2.24, 2.45) is 0 Å². The number of carbonyl (C=O) groups is 2. The van der Waals surface area contributed by atoms with E-state index >= 15 is 0 Å². The Kier molecular flexibility index (Phi) is 4.85. The van der Waals surface area contributed by atoms with E-state index in [2.05, 4.69) is 21.2 Å². The molecule has 0 bridgehead atoms. The molecule has 0 saturated heterocycles. The van der Waals surface area contributed by atoms with E-state index in [1.807, 2.05) is 6.07 Å². The molecule has 2 aromatic carbocycles. The third kappa shape index (κ3) is 3.88. The number of hydrogen-bond acceptors (Lipinski definition) is 4. The maximum absolute atomic E-state index is 13.8. The molecule has 3 aromatic rings. The topological polar surface area (TPSA) is 68.5 Å². The molecule has 0 aliphatic rings. The Hall–Kier alpha value is -2.67. The van der Waals surface area contributed by atoms with Crippen molar-refractivity contribution in [3.05, 3.63) is 64.6 Å². The van der Waals surface area contributed by atoms with E-state index in [0.29, 0.717) is 10.1 Å². The molecule has 3 rings (SSSR count). The number of ether oxygens (including phenoxy) is 1. The number of furan rings is 1. The summed E-state index contributed by atoms with van der Waals surface area (Å²) in [5, 5.41) is 3.13. The fraction of sp³-hybridized carbons (Fsp3) is 0.111. The zero-order chi connectivity index (χ0) is 18.0. The zero-order valence-electron chi connectivity index (χ0n) is 13.1. The second kappa shape index (κ2) is 7.06. The minimum absolute atomic E-state index is 0.000152. The van der Waals surface area contributed by atoms with Crippen molar-refractivity contribution >= 4 is 44.5 Å². The number of carbonyl (C=O) groups excluding carboxylic acids is 2. The molecule has 1 atom stereocenters. The van der Waals surface area contributed by atoms with Gasteiger partial charge in [-0.3, -0.25) is 4.79 Å². The van der Waals surface area contributed by atoms with Crippen molar-refractivity contribution in [2.45, 2.75) is 13.0 Å². The highest BCUT2D eigenvalue weighted by Crippen LogP contribution is 2.21. The van der Waals surface area contributed by atoms with Gasteiger partial charge in [0.2, 0.25) is 5.76 Å². The fourth-order valence-electron chi connectivity index (χ4n) is 2.18. The molecule has 7 heteroatoms. The number of benzene rings is 2. The Morgan fingerprint density at radius 1 is 1.20 bits per heavy atom. The van der Waals surface area contributed by atoms with Crippen LogP contribution in [-0.4, -0.2) is 18.0 Å². The van der Waals surface area contributed by atoms with Crippen LogP contribution in [0.25, 0.3) is 11.0 Å². The molecule has 0 fully saturated rings. The van der Waals surface area contributed by atoms with Gasteiger partial charge in [-0.2, -0.15) is 0 Å². The minimum atomic E-state index is -1.12. The van der Waals surface area contributed by atoms with Crippen LogP contribution in [0, 0.1) is 5.82 Å². The maximum atomic E-state index is 13.8. The highest BCUT2D eigenvalue weighted by Gasteiger charge is 2.22. The monoisotopic (exact) mass is 405 g/mol. The quantitative estimate of drug-likeness (QED) is 0.647. The molecule has 1 heterocycles. The molecule has 1 amide bonds. The lowest BCUT2D eigenvalue weighted by molar-refractivity contribution is -0.123. The first kappa shape index (κ1) is 17.2. The van der Waals surface area contributed by atoms with Gasteiger partial charge >= 0.3 is 5.97 Å². The van der Waals surface area contributed by atoms with E-state index in [-0.39, 0.29) is 11.4 Å². The van der Waals surface area contributed by atoms with Crippen molar-refractivity contribution in [3.63, 3.8) is 0 Å². The van der Waals surface area contributed by atoms with E-state index < -0.39 is 23.8 Å². The standard InChI is InChI=1S/C18H13BrFNO4/c1-10(17(22)21-14-7-6-12(19)9-13(14)20)24-18(23)16-8-11-4-2-3-5-15(11)25-16/h2-10H,1H3,(H,21,22)/t10-/m0/s1. The van der Waals surface area contributed by atoms with Gasteiger partial charge in [0.15, 0.2) is 6.10 Å². The summed E-state index contributed by atoms with van der Waals surface area (Å²) in [7, 11) is 0. The lowest BCUT2D eigenvalue weighted by Crippen LogP contribution is -2.30. The number of hydrogen-bond donors (Lipinski definition) is 1. The summed E-state index contributed by atoms with van der Waals surface area (Å²) in [6, 6.07) is 12.9. The van der Waals surface area contributed by atoms with Gasteiger partial charge in [0.1, 0.15) is 11.4 Å². The first-order chi connectivity index (χ1) is 11.9. The van der Waals surface area contributed by atoms with Crippen LogP contribution in [0.1, 0.15) is 17.5 Å². The molecule has 0 radical (unpaired) electrons. The van der Waals surface area contributed by atoms with Crippen LogP contribution in [0.3, 0.4) is 0 Å². The van der Waals surface area contributed by atoms with Crippen molar-refractivity contribution in [3.8, 4) is 0 Å². The van der Waals surface area contributed by atoms with Gasteiger partial charge in [0, 0.05) is 9.86 Å². The zero-order valence-corrected chi connectivity index (χ0v) is 14.7. The number of anilines is 1. The Balaban J connectivity index is 1.67. The summed E-state index contributed by atoms with van der Waals surface area (Å²) in [6.07, 6.45) is -1.12. The average Bonchev–Trinajstić information content (AvgIpc) is 3.01. The third-order valence-electron chi connectivity index (χ3n) is 3.47. The molecule has 1 aromatic heterocycles. The summed E-state index contributed by atoms with van der Waals surface area (Å²) >= 11 is 3.13. The highest BCUT2D eigenvalue weighted by atomic mass is 79.9. The molecule has 128 valence electrons. The van der Waals surface area contributed by atoms with Crippen LogP contribution in [0.4, 0.5) is 10.1 Å². The van der Waals surface area contributed by atoms with Gasteiger partial charge in [-0.05, 0) is 37.3 Å². The lowest BCUT2D eigenvalue weighted by atomic mass is 10.2. The lowest BCUT2D eigenvalue weighted by Gasteiger charge is -2.13. The summed E-state index contributed by atoms with van der Waals surface area (Å²) in [4.78, 5) is 24.2. The Morgan fingerprint density at radius 2 is 1.96 bits per heavy atom. The van der Waals surface area contributed by atoms with Gasteiger partial charge in [0.25, 0.3) is 5.91 Å². The van der Waals surface area contributed by atoms with E-state index in [1.54, 1.807) is 24.3 Å². The van der Waals surface area contributed by atoms with Gasteiger partial charge < -0.3 is 14.5 Å². The van der Waals surface area contributed by atoms with Crippen molar-refractivity contribution in [1.82, 2.24) is 0 Å². The van der Waals surface area contributed by atoms with Gasteiger partial charge in [0.05, 0.1) is 5.69 Å². The Bertz CT molecular complexity index is 920. The third-order valence-corrected chi connectivity index (χ3v) is 3.96. The van der Waals surface area contributed by atoms with Crippen molar-refractivity contribution in [2.75, 3.05) is 5.32 Å². The first-order valence-electron chi connectivity index (χ1n) is 7.39. The number of nitrogens with one attached hydrogen (secondary N) is 1. The highest BCUT2D eigenvalue weighted by molar-refractivity contribution is 9.10. The van der Waals surface area contributed by atoms with Gasteiger partial charge in [-0.1, -0.05) is 34.1 Å². The first-order valence-corrected chi connectivity index (χ1v) is 8.19. The molecule has 25 heavy (non-hydrogen) atoms. The SMILES string of the molecule is C[C@H](OC(=O)c1cc2ccccc2o1)C(=O)Nc1ccc(Br)cc1F. The van der Waals surface area contributed by atoms with Crippen LogP contribution in [0.2, 0.25) is 0 Å². The van der Waals surface area contributed by atoms with Crippen LogP contribution >= 0.6 is 15.9 Å². The van der Waals surface area contributed by atoms with Gasteiger partial charge in [-0.15, -0.1) is 0 Å².